The molecule has 0 aliphatic heterocycles. The van der Waals surface area contributed by atoms with Crippen LogP contribution in [0.2, 0.25) is 0 Å². The Morgan fingerprint density at radius 3 is 1.67 bits per heavy atom. The molecule has 0 saturated carbocycles. The van der Waals surface area contributed by atoms with Gasteiger partial charge in [0.2, 0.25) is 27.7 Å². The molecule has 0 fully saturated rings. The Labute approximate surface area is 517 Å². The average Bonchev–Trinajstić information content (AvgIpc) is 1.33. The standard InChI is InChI=1S/C66H67F2N13O8S/c1-9-81(90(88,89)48-30-37(4)38(5)54(35-48)76-59(83)23-19-50-39(6)71-61(78-64(50)85)53-12-10-11-27-69-53)29-26-47-31-44(33-57(74-47)63-73-41(8)49(66(87)80-63)18-22-58(82)75-46-16-13-42(14-17-46)36(2)3)43-25-28-70-56(32-43)62-72-40(7)51(65(86)79-62)20-24-60(84)77-55-34-45(67)15-21-52(55)68/h10-17,21,25,27-28,30-36H,9,18-20,22-24,26,29H2,1-8H3,(H,75,82)(H,76,83)(H,77,84)(H,71,78,85)(H,72,79,86)(H,73,80,87). The van der Waals surface area contributed by atoms with Crippen molar-refractivity contribution in [3.05, 3.63) is 208 Å². The molecule has 24 heteroatoms. The van der Waals surface area contributed by atoms with Crippen LogP contribution in [0.1, 0.15) is 102 Å². The molecule has 6 heterocycles. The molecule has 464 valence electrons. The quantitative estimate of drug-likeness (QED) is 0.0347. The number of sulfonamides is 1. The summed E-state index contributed by atoms with van der Waals surface area (Å²) in [4.78, 5) is 116. The number of hydrogen-bond donors (Lipinski definition) is 6. The van der Waals surface area contributed by atoms with Crippen LogP contribution in [0.4, 0.5) is 25.8 Å². The maximum absolute atomic E-state index is 14.7. The smallest absolute Gasteiger partial charge is 0.254 e. The minimum atomic E-state index is -4.24. The molecule has 0 atom stereocenters. The zero-order valence-electron chi connectivity index (χ0n) is 50.9. The average molecular weight is 1240 g/mol. The molecule has 0 radical (unpaired) electrons. The Kier molecular flexibility index (Phi) is 20.0. The van der Waals surface area contributed by atoms with Crippen molar-refractivity contribution in [2.45, 2.75) is 111 Å². The van der Waals surface area contributed by atoms with Gasteiger partial charge in [-0.15, -0.1) is 0 Å². The molecule has 6 N–H and O–H groups in total. The number of rotatable bonds is 23. The first-order valence-corrected chi connectivity index (χ1v) is 30.6. The first-order valence-electron chi connectivity index (χ1n) is 29.2. The SMILES string of the molecule is CCN(CCc1cc(-c2ccnc(-c3nc(C)c(CCC(=O)Nc4cc(F)ccc4F)c(=O)[nH]3)c2)cc(-c2nc(C)c(CCC(=O)Nc3ccc(C(C)C)cc3)c(=O)[nH]2)n1)S(=O)(=O)c1cc(C)c(C)c(NC(=O)CCc2c(C)nc(-c3ccccn3)[nH]c2=O)c1. The van der Waals surface area contributed by atoms with Crippen molar-refractivity contribution in [1.29, 1.82) is 0 Å². The number of pyridine rings is 3. The number of benzene rings is 3. The van der Waals surface area contributed by atoms with Gasteiger partial charge in [-0.05, 0) is 160 Å². The lowest BCUT2D eigenvalue weighted by molar-refractivity contribution is -0.117. The van der Waals surface area contributed by atoms with Gasteiger partial charge in [0.25, 0.3) is 16.7 Å². The number of H-pyrrole nitrogens is 3. The highest BCUT2D eigenvalue weighted by atomic mass is 32.2. The van der Waals surface area contributed by atoms with E-state index in [0.29, 0.717) is 79.3 Å². The van der Waals surface area contributed by atoms with Crippen molar-refractivity contribution in [2.75, 3.05) is 29.0 Å². The van der Waals surface area contributed by atoms with Crippen molar-refractivity contribution >= 4 is 44.8 Å². The van der Waals surface area contributed by atoms with Gasteiger partial charge in [0, 0.05) is 108 Å². The molecular formula is C66H67F2N13O8S. The summed E-state index contributed by atoms with van der Waals surface area (Å²) in [5.41, 5.74) is 5.91. The van der Waals surface area contributed by atoms with Crippen LogP contribution in [-0.2, 0) is 50.1 Å². The first-order chi connectivity index (χ1) is 42.9. The summed E-state index contributed by atoms with van der Waals surface area (Å²) in [5.74, 6) is -2.11. The number of aryl methyl sites for hydroxylation is 4. The van der Waals surface area contributed by atoms with Crippen molar-refractivity contribution in [3.63, 3.8) is 0 Å². The summed E-state index contributed by atoms with van der Waals surface area (Å²) in [6, 6.07) is 25.3. The van der Waals surface area contributed by atoms with Crippen LogP contribution >= 0.6 is 0 Å². The number of hydrogen-bond acceptors (Lipinski definition) is 14. The molecule has 0 saturated heterocycles. The van der Waals surface area contributed by atoms with Gasteiger partial charge in [-0.1, -0.05) is 39.0 Å². The minimum Gasteiger partial charge on any atom is -0.326 e. The van der Waals surface area contributed by atoms with Gasteiger partial charge in [-0.3, -0.25) is 38.7 Å². The highest BCUT2D eigenvalue weighted by Gasteiger charge is 2.26. The maximum atomic E-state index is 14.7. The third kappa shape index (κ3) is 15.4. The highest BCUT2D eigenvalue weighted by Crippen LogP contribution is 2.30. The predicted octanol–water partition coefficient (Wildman–Crippen LogP) is 9.70. The van der Waals surface area contributed by atoms with Crippen LogP contribution in [0.5, 0.6) is 0 Å². The molecule has 21 nitrogen and oxygen atoms in total. The Hall–Kier alpha value is -10.1. The first kappa shape index (κ1) is 64.4. The fourth-order valence-corrected chi connectivity index (χ4v) is 11.7. The molecule has 0 bridgehead atoms. The molecule has 90 heavy (non-hydrogen) atoms. The highest BCUT2D eigenvalue weighted by molar-refractivity contribution is 7.89. The number of anilines is 3. The zero-order valence-corrected chi connectivity index (χ0v) is 51.7. The molecule has 0 spiro atoms. The summed E-state index contributed by atoms with van der Waals surface area (Å²) < 4.78 is 58.7. The number of aromatic amines is 3. The summed E-state index contributed by atoms with van der Waals surface area (Å²) in [6.07, 6.45) is 2.90. The topological polar surface area (TPSA) is 301 Å². The van der Waals surface area contributed by atoms with E-state index < -0.39 is 50.1 Å². The van der Waals surface area contributed by atoms with Crippen LogP contribution in [0.3, 0.4) is 0 Å². The van der Waals surface area contributed by atoms with Crippen molar-refractivity contribution < 1.29 is 31.6 Å². The van der Waals surface area contributed by atoms with Crippen LogP contribution in [0.25, 0.3) is 45.7 Å². The number of carbonyl (C=O) groups is 3. The Morgan fingerprint density at radius 2 is 1.11 bits per heavy atom. The summed E-state index contributed by atoms with van der Waals surface area (Å²) in [5, 5.41) is 8.08. The molecule has 0 aliphatic carbocycles. The van der Waals surface area contributed by atoms with Crippen molar-refractivity contribution in [3.8, 4) is 45.7 Å². The Bertz CT molecular complexity index is 4520. The van der Waals surface area contributed by atoms with E-state index in [1.54, 1.807) is 96.3 Å². The predicted molar refractivity (Wildman–Crippen MR) is 339 cm³/mol. The molecule has 0 aliphatic rings. The van der Waals surface area contributed by atoms with Gasteiger partial charge in [0.05, 0.1) is 10.6 Å². The molecule has 3 amide bonds. The zero-order chi connectivity index (χ0) is 64.6. The van der Waals surface area contributed by atoms with Gasteiger partial charge in [-0.2, -0.15) is 4.31 Å². The lowest BCUT2D eigenvalue weighted by Gasteiger charge is -2.22. The monoisotopic (exact) mass is 1240 g/mol. The van der Waals surface area contributed by atoms with E-state index in [0.717, 1.165) is 23.8 Å². The summed E-state index contributed by atoms with van der Waals surface area (Å²) >= 11 is 0. The third-order valence-electron chi connectivity index (χ3n) is 15.4. The van der Waals surface area contributed by atoms with E-state index in [2.05, 4.69) is 64.7 Å². The molecule has 0 unspecified atom stereocenters. The third-order valence-corrected chi connectivity index (χ3v) is 17.4. The van der Waals surface area contributed by atoms with Crippen LogP contribution in [-0.4, -0.2) is 88.4 Å². The van der Waals surface area contributed by atoms with E-state index >= 15 is 0 Å². The van der Waals surface area contributed by atoms with E-state index in [-0.39, 0.29) is 109 Å². The molecule has 6 aromatic heterocycles. The van der Waals surface area contributed by atoms with Gasteiger partial charge in [0.1, 0.15) is 28.7 Å². The number of nitrogens with one attached hydrogen (secondary N) is 6. The maximum Gasteiger partial charge on any atom is 0.254 e. The second-order valence-electron chi connectivity index (χ2n) is 22.0. The van der Waals surface area contributed by atoms with Crippen LogP contribution in [0, 0.1) is 46.3 Å². The number of aromatic nitrogens is 9. The van der Waals surface area contributed by atoms with Crippen LogP contribution < -0.4 is 32.6 Å². The fraction of sp³-hybridized carbons (Fsp3) is 0.273. The van der Waals surface area contributed by atoms with E-state index in [1.807, 2.05) is 24.3 Å². The number of halogens is 2. The number of nitrogens with zero attached hydrogens (tertiary/aromatic N) is 7. The molecule has 9 aromatic rings. The van der Waals surface area contributed by atoms with Crippen LogP contribution in [0.15, 0.2) is 129 Å². The Morgan fingerprint density at radius 1 is 0.567 bits per heavy atom. The van der Waals surface area contributed by atoms with Gasteiger partial charge in [-0.25, -0.2) is 37.1 Å². The second-order valence-corrected chi connectivity index (χ2v) is 24.0. The van der Waals surface area contributed by atoms with E-state index in [9.17, 15) is 46.0 Å². The summed E-state index contributed by atoms with van der Waals surface area (Å²) in [6.45, 7) is 14.3. The largest absolute Gasteiger partial charge is 0.326 e. The Balaban J connectivity index is 0.967. The number of amides is 3. The molecule has 3 aromatic carbocycles. The van der Waals surface area contributed by atoms with Crippen molar-refractivity contribution in [2.24, 2.45) is 0 Å². The minimum absolute atomic E-state index is 0.000899. The number of carbonyl (C=O) groups excluding carboxylic acids is 3. The van der Waals surface area contributed by atoms with Gasteiger partial charge >= 0.3 is 0 Å². The summed E-state index contributed by atoms with van der Waals surface area (Å²) in [7, 11) is -4.24. The number of likely N-dealkylation sites (N-methyl/N-ethyl adjacent to an activating group) is 1. The van der Waals surface area contributed by atoms with Crippen molar-refractivity contribution in [1.82, 2.24) is 49.2 Å². The lowest BCUT2D eigenvalue weighted by Crippen LogP contribution is -2.33. The lowest BCUT2D eigenvalue weighted by atomic mass is 10.0. The van der Waals surface area contributed by atoms with Gasteiger partial charge in [0.15, 0.2) is 17.5 Å². The normalized spacial score (nSPS) is 11.5. The van der Waals surface area contributed by atoms with Gasteiger partial charge < -0.3 is 30.9 Å². The molecule has 9 rings (SSSR count). The fourth-order valence-electron chi connectivity index (χ4n) is 10.2. The van der Waals surface area contributed by atoms with E-state index in [4.69, 9.17) is 9.97 Å². The van der Waals surface area contributed by atoms with E-state index in [1.165, 1.54) is 16.6 Å². The second kappa shape index (κ2) is 28.0. The molecular weight excluding hydrogens is 1170 g/mol.